The number of amides is 2. The van der Waals surface area contributed by atoms with E-state index in [1.54, 1.807) is 53.7 Å². The van der Waals surface area contributed by atoms with Crippen LogP contribution in [0, 0.1) is 0 Å². The van der Waals surface area contributed by atoms with Crippen LogP contribution >= 0.6 is 11.6 Å². The number of rotatable bonds is 4. The second-order valence-electron chi connectivity index (χ2n) is 7.56. The van der Waals surface area contributed by atoms with E-state index in [1.165, 1.54) is 0 Å². The van der Waals surface area contributed by atoms with E-state index < -0.39 is 5.91 Å². The molecule has 0 unspecified atom stereocenters. The first-order chi connectivity index (χ1) is 16.1. The van der Waals surface area contributed by atoms with Gasteiger partial charge in [-0.3, -0.25) is 9.59 Å². The molecule has 0 saturated carbocycles. The maximum Gasteiger partial charge on any atom is 0.291 e. The van der Waals surface area contributed by atoms with E-state index in [0.717, 1.165) is 0 Å². The lowest BCUT2D eigenvalue weighted by Crippen LogP contribution is -2.49. The molecule has 1 aliphatic heterocycles. The standard InChI is InChI=1S/C24H20ClN5O3/c25-18-8-3-1-6-16(18)22(31)28-20-17-7-2-4-9-19(17)33-21(20)23(32)29-12-14-30(15-13-29)24-26-10-5-11-27-24/h1-11H,12-15H2,(H,28,31). The zero-order valence-electron chi connectivity index (χ0n) is 17.6. The summed E-state index contributed by atoms with van der Waals surface area (Å²) in [6.45, 7) is 2.15. The third-order valence-electron chi connectivity index (χ3n) is 5.55. The van der Waals surface area contributed by atoms with Gasteiger partial charge < -0.3 is 19.5 Å². The van der Waals surface area contributed by atoms with E-state index in [0.29, 0.717) is 59.4 Å². The molecule has 0 aliphatic carbocycles. The van der Waals surface area contributed by atoms with Gasteiger partial charge in [-0.1, -0.05) is 35.9 Å². The van der Waals surface area contributed by atoms with Gasteiger partial charge >= 0.3 is 0 Å². The number of carbonyl (C=O) groups is 2. The Morgan fingerprint density at radius 2 is 1.61 bits per heavy atom. The van der Waals surface area contributed by atoms with Crippen molar-refractivity contribution in [1.82, 2.24) is 14.9 Å². The highest BCUT2D eigenvalue weighted by atomic mass is 35.5. The molecule has 2 aromatic heterocycles. The molecule has 0 spiro atoms. The first-order valence-corrected chi connectivity index (χ1v) is 10.9. The van der Waals surface area contributed by atoms with Gasteiger partial charge in [0, 0.05) is 44.0 Å². The summed E-state index contributed by atoms with van der Waals surface area (Å²) in [5.74, 6) is 0.0450. The fraction of sp³-hybridized carbons (Fsp3) is 0.167. The minimum atomic E-state index is -0.410. The lowest BCUT2D eigenvalue weighted by Gasteiger charge is -2.34. The number of hydrogen-bond acceptors (Lipinski definition) is 6. The number of halogens is 1. The van der Waals surface area contributed by atoms with Gasteiger partial charge in [-0.25, -0.2) is 9.97 Å². The number of fused-ring (bicyclic) bond motifs is 1. The van der Waals surface area contributed by atoms with Crippen molar-refractivity contribution in [1.29, 1.82) is 0 Å². The van der Waals surface area contributed by atoms with Crippen molar-refractivity contribution in [2.24, 2.45) is 0 Å². The number of hydrogen-bond donors (Lipinski definition) is 1. The van der Waals surface area contributed by atoms with Gasteiger partial charge in [-0.2, -0.15) is 0 Å². The van der Waals surface area contributed by atoms with Crippen molar-refractivity contribution < 1.29 is 14.0 Å². The number of aromatic nitrogens is 2. The number of benzene rings is 2. The summed E-state index contributed by atoms with van der Waals surface area (Å²) < 4.78 is 5.92. The Morgan fingerprint density at radius 3 is 2.36 bits per heavy atom. The smallest absolute Gasteiger partial charge is 0.291 e. The average molecular weight is 462 g/mol. The summed E-state index contributed by atoms with van der Waals surface area (Å²) >= 11 is 6.19. The van der Waals surface area contributed by atoms with Crippen LogP contribution in [0.4, 0.5) is 11.6 Å². The minimum absolute atomic E-state index is 0.0982. The summed E-state index contributed by atoms with van der Waals surface area (Å²) in [7, 11) is 0. The Morgan fingerprint density at radius 1 is 0.909 bits per heavy atom. The SMILES string of the molecule is O=C(Nc1c(C(=O)N2CCN(c3ncccn3)CC2)oc2ccccc12)c1ccccc1Cl. The topological polar surface area (TPSA) is 91.6 Å². The summed E-state index contributed by atoms with van der Waals surface area (Å²) in [6.07, 6.45) is 3.39. The van der Waals surface area contributed by atoms with E-state index in [9.17, 15) is 9.59 Å². The Hall–Kier alpha value is -3.91. The van der Waals surface area contributed by atoms with Crippen LogP contribution in [0.25, 0.3) is 11.0 Å². The van der Waals surface area contributed by atoms with Crippen molar-refractivity contribution in [2.75, 3.05) is 36.4 Å². The molecule has 4 aromatic rings. The second kappa shape index (κ2) is 8.91. The number of carbonyl (C=O) groups excluding carboxylic acids is 2. The molecular weight excluding hydrogens is 442 g/mol. The maximum atomic E-state index is 13.4. The Balaban J connectivity index is 1.41. The van der Waals surface area contributed by atoms with E-state index in [1.807, 2.05) is 23.1 Å². The van der Waals surface area contributed by atoms with Crippen molar-refractivity contribution in [2.45, 2.75) is 0 Å². The molecule has 2 aromatic carbocycles. The van der Waals surface area contributed by atoms with Crippen molar-refractivity contribution in [3.8, 4) is 0 Å². The van der Waals surface area contributed by atoms with Gasteiger partial charge in [0.15, 0.2) is 0 Å². The number of nitrogens with one attached hydrogen (secondary N) is 1. The molecule has 1 N–H and O–H groups in total. The Kier molecular flexibility index (Phi) is 5.66. The number of nitrogens with zero attached hydrogens (tertiary/aromatic N) is 4. The fourth-order valence-corrected chi connectivity index (χ4v) is 4.08. The van der Waals surface area contributed by atoms with E-state index in [4.69, 9.17) is 16.0 Å². The first-order valence-electron chi connectivity index (χ1n) is 10.5. The molecule has 33 heavy (non-hydrogen) atoms. The van der Waals surface area contributed by atoms with Gasteiger partial charge in [0.25, 0.3) is 11.8 Å². The average Bonchev–Trinajstić information content (AvgIpc) is 3.23. The van der Waals surface area contributed by atoms with Crippen molar-refractivity contribution in [3.05, 3.63) is 83.3 Å². The van der Waals surface area contributed by atoms with Crippen LogP contribution in [-0.2, 0) is 0 Å². The van der Waals surface area contributed by atoms with Crippen LogP contribution in [-0.4, -0.2) is 52.9 Å². The van der Waals surface area contributed by atoms with Crippen LogP contribution < -0.4 is 10.2 Å². The lowest BCUT2D eigenvalue weighted by atomic mass is 10.1. The third-order valence-corrected chi connectivity index (χ3v) is 5.88. The molecule has 0 bridgehead atoms. The molecule has 3 heterocycles. The number of anilines is 2. The van der Waals surface area contributed by atoms with Crippen LogP contribution in [0.3, 0.4) is 0 Å². The largest absolute Gasteiger partial charge is 0.449 e. The molecule has 1 aliphatic rings. The highest BCUT2D eigenvalue weighted by Gasteiger charge is 2.29. The number of piperazine rings is 1. The second-order valence-corrected chi connectivity index (χ2v) is 7.97. The zero-order valence-corrected chi connectivity index (χ0v) is 18.3. The molecule has 5 rings (SSSR count). The number of para-hydroxylation sites is 1. The van der Waals surface area contributed by atoms with Gasteiger partial charge in [-0.15, -0.1) is 0 Å². The maximum absolute atomic E-state index is 13.4. The predicted octanol–water partition coefficient (Wildman–Crippen LogP) is 4.09. The molecule has 2 amide bonds. The monoisotopic (exact) mass is 461 g/mol. The van der Waals surface area contributed by atoms with Gasteiger partial charge in [-0.05, 0) is 30.3 Å². The molecule has 1 saturated heterocycles. The fourth-order valence-electron chi connectivity index (χ4n) is 3.85. The molecule has 166 valence electrons. The molecule has 0 radical (unpaired) electrons. The molecular formula is C24H20ClN5O3. The molecule has 8 nitrogen and oxygen atoms in total. The first kappa shape index (κ1) is 21.0. The Labute approximate surface area is 194 Å². The van der Waals surface area contributed by atoms with Gasteiger partial charge in [0.1, 0.15) is 11.3 Å². The minimum Gasteiger partial charge on any atom is -0.449 e. The summed E-state index contributed by atoms with van der Waals surface area (Å²) in [6, 6.07) is 15.7. The highest BCUT2D eigenvalue weighted by Crippen LogP contribution is 2.33. The van der Waals surface area contributed by atoms with Crippen LogP contribution in [0.2, 0.25) is 5.02 Å². The lowest BCUT2D eigenvalue weighted by molar-refractivity contribution is 0.0718. The van der Waals surface area contributed by atoms with Crippen LogP contribution in [0.5, 0.6) is 0 Å². The van der Waals surface area contributed by atoms with Gasteiger partial charge in [0.05, 0.1) is 10.6 Å². The zero-order chi connectivity index (χ0) is 22.8. The molecule has 1 fully saturated rings. The Bertz CT molecular complexity index is 1320. The van der Waals surface area contributed by atoms with Gasteiger partial charge in [0.2, 0.25) is 11.7 Å². The van der Waals surface area contributed by atoms with Crippen molar-refractivity contribution in [3.63, 3.8) is 0 Å². The molecule has 0 atom stereocenters. The quantitative estimate of drug-likeness (QED) is 0.492. The van der Waals surface area contributed by atoms with Crippen LogP contribution in [0.1, 0.15) is 20.9 Å². The normalized spacial score (nSPS) is 13.8. The van der Waals surface area contributed by atoms with E-state index in [-0.39, 0.29) is 11.7 Å². The van der Waals surface area contributed by atoms with Crippen LogP contribution in [0.15, 0.2) is 71.4 Å². The van der Waals surface area contributed by atoms with E-state index >= 15 is 0 Å². The van der Waals surface area contributed by atoms with E-state index in [2.05, 4.69) is 15.3 Å². The summed E-state index contributed by atoms with van der Waals surface area (Å²) in [4.78, 5) is 38.7. The molecule has 9 heteroatoms. The summed E-state index contributed by atoms with van der Waals surface area (Å²) in [5, 5.41) is 3.83. The predicted molar refractivity (Wildman–Crippen MR) is 126 cm³/mol. The highest BCUT2D eigenvalue weighted by molar-refractivity contribution is 6.34. The third kappa shape index (κ3) is 4.12. The number of furan rings is 1. The van der Waals surface area contributed by atoms with Crippen molar-refractivity contribution >= 4 is 46.0 Å². The summed E-state index contributed by atoms with van der Waals surface area (Å²) in [5.41, 5.74) is 1.18.